The number of pyridine rings is 1. The zero-order valence-electron chi connectivity index (χ0n) is 14.3. The van der Waals surface area contributed by atoms with Crippen LogP contribution < -0.4 is 10.4 Å². The fourth-order valence-corrected chi connectivity index (χ4v) is 3.13. The largest absolute Gasteiger partial charge is 0.321 e. The van der Waals surface area contributed by atoms with Crippen LogP contribution >= 0.6 is 0 Å². The molecule has 4 rings (SSSR count). The van der Waals surface area contributed by atoms with Crippen molar-refractivity contribution in [3.8, 4) is 0 Å². The molecule has 2 heterocycles. The Labute approximate surface area is 155 Å². The van der Waals surface area contributed by atoms with Crippen LogP contribution in [0.15, 0.2) is 60.8 Å². The maximum absolute atomic E-state index is 13.7. The number of aromatic nitrogens is 1. The van der Waals surface area contributed by atoms with Gasteiger partial charge in [-0.2, -0.15) is 0 Å². The maximum Gasteiger partial charge on any atom is 0.274 e. The minimum Gasteiger partial charge on any atom is -0.321 e. The number of fused-ring (bicyclic) bond motifs is 2. The van der Waals surface area contributed by atoms with Crippen molar-refractivity contribution in [3.05, 3.63) is 88.9 Å². The van der Waals surface area contributed by atoms with Gasteiger partial charge in [0.25, 0.3) is 5.91 Å². The molecule has 0 radical (unpaired) electrons. The molecule has 0 saturated carbocycles. The van der Waals surface area contributed by atoms with Gasteiger partial charge in [0.05, 0.1) is 5.69 Å². The number of carbonyl (C=O) groups excluding carboxylic acids is 1. The van der Waals surface area contributed by atoms with Crippen LogP contribution in [-0.4, -0.2) is 16.1 Å². The molecule has 1 aliphatic rings. The summed E-state index contributed by atoms with van der Waals surface area (Å²) in [5.74, 6) is -0.0822. The van der Waals surface area contributed by atoms with Gasteiger partial charge in [0.15, 0.2) is 0 Å². The zero-order valence-corrected chi connectivity index (χ0v) is 14.3. The first-order valence-corrected chi connectivity index (χ1v) is 8.39. The molecule has 27 heavy (non-hydrogen) atoms. The van der Waals surface area contributed by atoms with Gasteiger partial charge in [-0.15, -0.1) is 0 Å². The molecular formula is C21H16FN3O2. The number of hydroxylamine groups is 1. The second-order valence-corrected chi connectivity index (χ2v) is 6.18. The average Bonchev–Trinajstić information content (AvgIpc) is 2.85. The molecule has 6 heteroatoms. The highest BCUT2D eigenvalue weighted by Gasteiger charge is 2.20. The van der Waals surface area contributed by atoms with E-state index in [2.05, 4.69) is 4.98 Å². The molecule has 0 aliphatic carbocycles. The highest BCUT2D eigenvalue weighted by molar-refractivity contribution is 5.93. The standard InChI is InChI=1S/C21H16FN3O2/c22-18-9-10-19-17(12-18)8-7-15-2-1-11-23-20(15)25(19)13-14-3-5-16(6-4-14)21(26)24-27/h1-12,27H,13H2,(H,24,26). The summed E-state index contributed by atoms with van der Waals surface area (Å²) in [5.41, 5.74) is 5.48. The smallest absolute Gasteiger partial charge is 0.274 e. The fourth-order valence-electron chi connectivity index (χ4n) is 3.13. The highest BCUT2D eigenvalue weighted by atomic mass is 19.1. The molecule has 0 unspecified atom stereocenters. The molecule has 1 amide bonds. The quantitative estimate of drug-likeness (QED) is 0.543. The summed E-state index contributed by atoms with van der Waals surface area (Å²) in [5, 5.41) is 8.74. The van der Waals surface area contributed by atoms with E-state index >= 15 is 0 Å². The SMILES string of the molecule is O=C(NO)c1ccc(CN2c3ccc(F)cc3C=Cc3cccnc32)cc1. The third-order valence-electron chi connectivity index (χ3n) is 4.45. The van der Waals surface area contributed by atoms with Crippen molar-refractivity contribution in [3.63, 3.8) is 0 Å². The lowest BCUT2D eigenvalue weighted by Crippen LogP contribution is -2.20. The van der Waals surface area contributed by atoms with Crippen LogP contribution in [0, 0.1) is 5.82 Å². The van der Waals surface area contributed by atoms with E-state index < -0.39 is 5.91 Å². The number of nitrogens with zero attached hydrogens (tertiary/aromatic N) is 2. The summed E-state index contributed by atoms with van der Waals surface area (Å²) in [6, 6.07) is 15.4. The molecule has 0 saturated heterocycles. The molecule has 5 nitrogen and oxygen atoms in total. The molecular weight excluding hydrogens is 345 g/mol. The number of nitrogens with one attached hydrogen (secondary N) is 1. The second-order valence-electron chi connectivity index (χ2n) is 6.18. The number of hydrogen-bond donors (Lipinski definition) is 2. The van der Waals surface area contributed by atoms with Gasteiger partial charge >= 0.3 is 0 Å². The molecule has 134 valence electrons. The van der Waals surface area contributed by atoms with E-state index in [-0.39, 0.29) is 5.82 Å². The summed E-state index contributed by atoms with van der Waals surface area (Å²) in [4.78, 5) is 18.0. The van der Waals surface area contributed by atoms with Crippen molar-refractivity contribution >= 4 is 29.6 Å². The van der Waals surface area contributed by atoms with Crippen LogP contribution in [-0.2, 0) is 6.54 Å². The van der Waals surface area contributed by atoms with E-state index in [1.54, 1.807) is 29.9 Å². The molecule has 2 aromatic carbocycles. The first-order valence-electron chi connectivity index (χ1n) is 8.39. The Hall–Kier alpha value is -3.51. The normalized spacial score (nSPS) is 12.1. The number of halogens is 1. The topological polar surface area (TPSA) is 65.5 Å². The van der Waals surface area contributed by atoms with Gasteiger partial charge in [0.2, 0.25) is 0 Å². The Bertz CT molecular complexity index is 1030. The summed E-state index contributed by atoms with van der Waals surface area (Å²) in [7, 11) is 0. The van der Waals surface area contributed by atoms with Crippen molar-refractivity contribution in [2.45, 2.75) is 6.54 Å². The van der Waals surface area contributed by atoms with E-state index in [0.717, 1.165) is 28.2 Å². The Balaban J connectivity index is 1.75. The predicted octanol–water partition coefficient (Wildman–Crippen LogP) is 4.16. The van der Waals surface area contributed by atoms with Crippen molar-refractivity contribution in [2.24, 2.45) is 0 Å². The Kier molecular flexibility index (Phi) is 4.40. The van der Waals surface area contributed by atoms with Gasteiger partial charge in [-0.3, -0.25) is 10.0 Å². The van der Waals surface area contributed by atoms with Gasteiger partial charge in [-0.25, -0.2) is 14.9 Å². The second kappa shape index (κ2) is 7.01. The summed E-state index contributed by atoms with van der Waals surface area (Å²) >= 11 is 0. The lowest BCUT2D eigenvalue weighted by Gasteiger charge is -2.26. The summed E-state index contributed by atoms with van der Waals surface area (Å²) in [6.45, 7) is 0.491. The zero-order chi connectivity index (χ0) is 18.8. The van der Waals surface area contributed by atoms with Crippen molar-refractivity contribution in [1.82, 2.24) is 10.5 Å². The molecule has 0 atom stereocenters. The van der Waals surface area contributed by atoms with Gasteiger partial charge in [-0.05, 0) is 48.0 Å². The number of carbonyl (C=O) groups is 1. The number of anilines is 2. The minimum atomic E-state index is -0.562. The lowest BCUT2D eigenvalue weighted by atomic mass is 10.1. The first kappa shape index (κ1) is 16.9. The van der Waals surface area contributed by atoms with Crippen LogP contribution in [0.3, 0.4) is 0 Å². The molecule has 0 fully saturated rings. The van der Waals surface area contributed by atoms with Gasteiger partial charge < -0.3 is 4.90 Å². The molecule has 1 aliphatic heterocycles. The summed E-state index contributed by atoms with van der Waals surface area (Å²) in [6.07, 6.45) is 5.53. The van der Waals surface area contributed by atoms with Crippen LogP contribution in [0.2, 0.25) is 0 Å². The molecule has 2 N–H and O–H groups in total. The van der Waals surface area contributed by atoms with Crippen LogP contribution in [0.25, 0.3) is 12.2 Å². The molecule has 1 aromatic heterocycles. The van der Waals surface area contributed by atoms with E-state index in [0.29, 0.717) is 12.1 Å². The number of amides is 1. The van der Waals surface area contributed by atoms with E-state index in [9.17, 15) is 9.18 Å². The minimum absolute atomic E-state index is 0.295. The van der Waals surface area contributed by atoms with Gasteiger partial charge in [0.1, 0.15) is 11.6 Å². The Morgan fingerprint density at radius 1 is 1.07 bits per heavy atom. The van der Waals surface area contributed by atoms with E-state index in [4.69, 9.17) is 5.21 Å². The predicted molar refractivity (Wildman–Crippen MR) is 101 cm³/mol. The summed E-state index contributed by atoms with van der Waals surface area (Å²) < 4.78 is 13.7. The van der Waals surface area contributed by atoms with Crippen molar-refractivity contribution < 1.29 is 14.4 Å². The van der Waals surface area contributed by atoms with Crippen LogP contribution in [0.5, 0.6) is 0 Å². The third-order valence-corrected chi connectivity index (χ3v) is 4.45. The highest BCUT2D eigenvalue weighted by Crippen LogP contribution is 2.36. The monoisotopic (exact) mass is 361 g/mol. The fraction of sp³-hybridized carbons (Fsp3) is 0.0476. The molecule has 0 bridgehead atoms. The molecule has 3 aromatic rings. The van der Waals surface area contributed by atoms with Crippen molar-refractivity contribution in [2.75, 3.05) is 4.90 Å². The third kappa shape index (κ3) is 3.30. The maximum atomic E-state index is 13.7. The van der Waals surface area contributed by atoms with Crippen LogP contribution in [0.1, 0.15) is 27.0 Å². The van der Waals surface area contributed by atoms with E-state index in [1.165, 1.54) is 12.1 Å². The van der Waals surface area contributed by atoms with Gasteiger partial charge in [-0.1, -0.05) is 24.3 Å². The van der Waals surface area contributed by atoms with Crippen LogP contribution in [0.4, 0.5) is 15.9 Å². The van der Waals surface area contributed by atoms with E-state index in [1.807, 2.05) is 41.3 Å². The Morgan fingerprint density at radius 2 is 1.85 bits per heavy atom. The first-order chi connectivity index (χ1) is 13.2. The number of rotatable bonds is 3. The number of hydrogen-bond acceptors (Lipinski definition) is 4. The molecule has 0 spiro atoms. The van der Waals surface area contributed by atoms with Crippen molar-refractivity contribution in [1.29, 1.82) is 0 Å². The van der Waals surface area contributed by atoms with Gasteiger partial charge in [0, 0.05) is 29.4 Å². The Morgan fingerprint density at radius 3 is 2.63 bits per heavy atom. The number of benzene rings is 2. The lowest BCUT2D eigenvalue weighted by molar-refractivity contribution is 0.0706. The average molecular weight is 361 g/mol.